The van der Waals surface area contributed by atoms with E-state index in [9.17, 15) is 4.79 Å². The number of carbonyl (C=O) groups is 1. The fourth-order valence-electron chi connectivity index (χ4n) is 2.96. The van der Waals surface area contributed by atoms with Crippen LogP contribution in [0.25, 0.3) is 0 Å². The summed E-state index contributed by atoms with van der Waals surface area (Å²) >= 11 is 3.45. The number of guanidine groups is 1. The Balaban J connectivity index is 0.00000280. The van der Waals surface area contributed by atoms with Crippen LogP contribution in [-0.4, -0.2) is 41.9 Å². The molecule has 0 saturated carbocycles. The number of aliphatic imine (C=N–C) groups is 1. The Morgan fingerprint density at radius 1 is 1.36 bits per heavy atom. The van der Waals surface area contributed by atoms with Gasteiger partial charge in [-0.15, -0.1) is 46.7 Å². The van der Waals surface area contributed by atoms with Crippen molar-refractivity contribution in [2.45, 2.75) is 45.7 Å². The molecule has 28 heavy (non-hydrogen) atoms. The fourth-order valence-corrected chi connectivity index (χ4v) is 4.74. The number of nitrogens with zero attached hydrogens (tertiary/aromatic N) is 3. The van der Waals surface area contributed by atoms with E-state index in [-0.39, 0.29) is 29.9 Å². The highest BCUT2D eigenvalue weighted by Crippen LogP contribution is 2.24. The van der Waals surface area contributed by atoms with Gasteiger partial charge in [-0.1, -0.05) is 13.8 Å². The Morgan fingerprint density at radius 2 is 2.18 bits per heavy atom. The summed E-state index contributed by atoms with van der Waals surface area (Å²) in [5.74, 6) is 1.33. The molecule has 0 bridgehead atoms. The first-order valence-corrected chi connectivity index (χ1v) is 11.0. The third-order valence-electron chi connectivity index (χ3n) is 4.58. The highest BCUT2D eigenvalue weighted by atomic mass is 127. The summed E-state index contributed by atoms with van der Waals surface area (Å²) in [4.78, 5) is 24.7. The molecule has 9 heteroatoms. The molecular weight excluding hydrogens is 505 g/mol. The lowest BCUT2D eigenvalue weighted by molar-refractivity contribution is -0.131. The quantitative estimate of drug-likeness (QED) is 0.339. The van der Waals surface area contributed by atoms with Crippen molar-refractivity contribution in [1.29, 1.82) is 0 Å². The van der Waals surface area contributed by atoms with Crippen molar-refractivity contribution in [1.82, 2.24) is 20.5 Å². The summed E-state index contributed by atoms with van der Waals surface area (Å²) in [5, 5.41) is 11.7. The second kappa shape index (κ2) is 11.1. The van der Waals surface area contributed by atoms with Crippen LogP contribution in [0, 0.1) is 0 Å². The van der Waals surface area contributed by atoms with E-state index >= 15 is 0 Å². The van der Waals surface area contributed by atoms with E-state index in [1.165, 1.54) is 10.4 Å². The Bertz CT molecular complexity index is 802. The Morgan fingerprint density at radius 3 is 2.89 bits per heavy atom. The largest absolute Gasteiger partial charge is 0.356 e. The minimum Gasteiger partial charge on any atom is -0.356 e. The second-order valence-corrected chi connectivity index (χ2v) is 8.80. The van der Waals surface area contributed by atoms with Crippen LogP contribution < -0.4 is 10.6 Å². The van der Waals surface area contributed by atoms with Gasteiger partial charge < -0.3 is 15.5 Å². The summed E-state index contributed by atoms with van der Waals surface area (Å²) in [7, 11) is 1.74. The molecule has 0 fully saturated rings. The van der Waals surface area contributed by atoms with E-state index in [2.05, 4.69) is 51.3 Å². The van der Waals surface area contributed by atoms with Crippen molar-refractivity contribution >= 4 is 58.5 Å². The standard InChI is InChI=1S/C19H27N5OS2.HI/c1-13(2)15-12-27-17(23-15)10-22-19(20-3)21-7-4-18(25)24-8-5-16-14(11-24)6-9-26-16;/h6,9,12-13H,4-5,7-8,10-11H2,1-3H3,(H2,20,21,22);1H. The lowest BCUT2D eigenvalue weighted by Crippen LogP contribution is -2.40. The molecule has 1 aliphatic heterocycles. The molecule has 0 spiro atoms. The summed E-state index contributed by atoms with van der Waals surface area (Å²) < 4.78 is 0. The van der Waals surface area contributed by atoms with Gasteiger partial charge in [0.25, 0.3) is 0 Å². The van der Waals surface area contributed by atoms with Gasteiger partial charge >= 0.3 is 0 Å². The summed E-state index contributed by atoms with van der Waals surface area (Å²) in [6, 6.07) is 2.13. The molecule has 1 amide bonds. The van der Waals surface area contributed by atoms with Crippen LogP contribution in [0.4, 0.5) is 0 Å². The molecule has 1 aliphatic rings. The molecule has 6 nitrogen and oxygen atoms in total. The van der Waals surface area contributed by atoms with Crippen molar-refractivity contribution in [2.24, 2.45) is 4.99 Å². The van der Waals surface area contributed by atoms with Gasteiger partial charge in [-0.3, -0.25) is 9.79 Å². The molecule has 0 aliphatic carbocycles. The first-order valence-electron chi connectivity index (χ1n) is 9.28. The van der Waals surface area contributed by atoms with E-state index < -0.39 is 0 Å². The number of halogens is 1. The van der Waals surface area contributed by atoms with Gasteiger partial charge in [-0.2, -0.15) is 0 Å². The van der Waals surface area contributed by atoms with Gasteiger partial charge in [0.15, 0.2) is 5.96 Å². The summed E-state index contributed by atoms with van der Waals surface area (Å²) in [6.45, 7) is 7.06. The molecule has 0 unspecified atom stereocenters. The second-order valence-electron chi connectivity index (χ2n) is 6.86. The third-order valence-corrected chi connectivity index (χ3v) is 6.47. The van der Waals surface area contributed by atoms with E-state index in [4.69, 9.17) is 0 Å². The van der Waals surface area contributed by atoms with E-state index in [1.54, 1.807) is 29.7 Å². The molecule has 2 aromatic heterocycles. The van der Waals surface area contributed by atoms with Crippen LogP contribution in [-0.2, 0) is 24.3 Å². The number of carbonyl (C=O) groups excluding carboxylic acids is 1. The topological polar surface area (TPSA) is 69.6 Å². The van der Waals surface area contributed by atoms with E-state index in [0.29, 0.717) is 31.4 Å². The van der Waals surface area contributed by atoms with Gasteiger partial charge in [0, 0.05) is 43.4 Å². The van der Waals surface area contributed by atoms with Crippen molar-refractivity contribution in [3.8, 4) is 0 Å². The van der Waals surface area contributed by atoms with Crippen LogP contribution in [0.1, 0.15) is 47.3 Å². The number of hydrogen-bond donors (Lipinski definition) is 2. The first kappa shape index (κ1) is 23.1. The number of rotatable bonds is 6. The maximum absolute atomic E-state index is 12.5. The average molecular weight is 534 g/mol. The monoisotopic (exact) mass is 533 g/mol. The zero-order chi connectivity index (χ0) is 19.2. The van der Waals surface area contributed by atoms with Gasteiger partial charge in [-0.25, -0.2) is 4.98 Å². The Hall–Kier alpha value is -1.20. The zero-order valence-corrected chi connectivity index (χ0v) is 20.5. The molecule has 2 N–H and O–H groups in total. The molecule has 3 rings (SSSR count). The molecule has 2 aromatic rings. The van der Waals surface area contributed by atoms with Crippen LogP contribution in [0.3, 0.4) is 0 Å². The molecule has 0 atom stereocenters. The Labute approximate surface area is 191 Å². The number of nitrogens with one attached hydrogen (secondary N) is 2. The van der Waals surface area contributed by atoms with Crippen LogP contribution in [0.5, 0.6) is 0 Å². The lowest BCUT2D eigenvalue weighted by Gasteiger charge is -2.27. The number of thiazole rings is 1. The maximum Gasteiger partial charge on any atom is 0.224 e. The molecule has 0 saturated heterocycles. The Kier molecular flexibility index (Phi) is 9.16. The number of fused-ring (bicyclic) bond motifs is 1. The van der Waals surface area contributed by atoms with Gasteiger partial charge in [0.1, 0.15) is 5.01 Å². The maximum atomic E-state index is 12.5. The molecule has 0 radical (unpaired) electrons. The minimum atomic E-state index is 0. The number of thiophene rings is 1. The molecule has 3 heterocycles. The average Bonchev–Trinajstić information content (AvgIpc) is 3.32. The summed E-state index contributed by atoms with van der Waals surface area (Å²) in [5.41, 5.74) is 2.43. The normalized spacial score (nSPS) is 13.9. The van der Waals surface area contributed by atoms with Gasteiger partial charge in [0.2, 0.25) is 5.91 Å². The molecular formula is C19H28IN5OS2. The van der Waals surface area contributed by atoms with Gasteiger partial charge in [-0.05, 0) is 29.3 Å². The third kappa shape index (κ3) is 6.15. The van der Waals surface area contributed by atoms with Crippen LogP contribution in [0.2, 0.25) is 0 Å². The smallest absolute Gasteiger partial charge is 0.224 e. The highest BCUT2D eigenvalue weighted by Gasteiger charge is 2.21. The predicted octanol–water partition coefficient (Wildman–Crippen LogP) is 3.59. The number of amides is 1. The number of hydrogen-bond acceptors (Lipinski definition) is 5. The summed E-state index contributed by atoms with van der Waals surface area (Å²) in [6.07, 6.45) is 1.44. The van der Waals surface area contributed by atoms with Crippen molar-refractivity contribution < 1.29 is 4.79 Å². The molecule has 0 aromatic carbocycles. The molecule has 154 valence electrons. The van der Waals surface area contributed by atoms with Gasteiger partial charge in [0.05, 0.1) is 12.2 Å². The van der Waals surface area contributed by atoms with Crippen LogP contribution in [0.15, 0.2) is 21.8 Å². The fraction of sp³-hybridized carbons (Fsp3) is 0.526. The van der Waals surface area contributed by atoms with Crippen molar-refractivity contribution in [3.63, 3.8) is 0 Å². The highest BCUT2D eigenvalue weighted by molar-refractivity contribution is 14.0. The SMILES string of the molecule is CN=C(NCCC(=O)N1CCc2sccc2C1)NCc1nc(C(C)C)cs1.I. The van der Waals surface area contributed by atoms with E-state index in [0.717, 1.165) is 30.2 Å². The first-order chi connectivity index (χ1) is 13.1. The minimum absolute atomic E-state index is 0. The zero-order valence-electron chi connectivity index (χ0n) is 16.5. The van der Waals surface area contributed by atoms with Crippen molar-refractivity contribution in [3.05, 3.63) is 38.0 Å². The van der Waals surface area contributed by atoms with Crippen molar-refractivity contribution in [2.75, 3.05) is 20.1 Å². The van der Waals surface area contributed by atoms with E-state index in [1.807, 2.05) is 4.90 Å². The number of aromatic nitrogens is 1. The lowest BCUT2D eigenvalue weighted by atomic mass is 10.1. The van der Waals surface area contributed by atoms with Crippen LogP contribution >= 0.6 is 46.7 Å². The predicted molar refractivity (Wildman–Crippen MR) is 128 cm³/mol.